The fourth-order valence-corrected chi connectivity index (χ4v) is 5.22. The van der Waals surface area contributed by atoms with E-state index in [0.29, 0.717) is 23.4 Å². The third kappa shape index (κ3) is 7.36. The first-order valence-corrected chi connectivity index (χ1v) is 13.1. The predicted molar refractivity (Wildman–Crippen MR) is 148 cm³/mol. The number of carbonyl (C=O) groups excluding carboxylic acids is 2. The molecule has 2 amide bonds. The van der Waals surface area contributed by atoms with E-state index >= 15 is 0 Å². The minimum atomic E-state index is -5.00. The molecule has 3 aromatic rings. The highest BCUT2D eigenvalue weighted by atomic mass is 32.2. The van der Waals surface area contributed by atoms with Crippen LogP contribution in [0, 0.1) is 0 Å². The summed E-state index contributed by atoms with van der Waals surface area (Å²) in [7, 11) is 0. The highest BCUT2D eigenvalue weighted by molar-refractivity contribution is 8.26. The molecule has 1 fully saturated rings. The zero-order valence-corrected chi connectivity index (χ0v) is 22.7. The maximum atomic E-state index is 13.3. The fourth-order valence-electron chi connectivity index (χ4n) is 3.91. The third-order valence-electron chi connectivity index (χ3n) is 5.96. The Morgan fingerprint density at radius 2 is 1.52 bits per heavy atom. The van der Waals surface area contributed by atoms with Crippen LogP contribution >= 0.6 is 24.0 Å². The topological polar surface area (TPSA) is 86.7 Å². The second kappa shape index (κ2) is 12.0. The van der Waals surface area contributed by atoms with Gasteiger partial charge in [-0.05, 0) is 71.3 Å². The first kappa shape index (κ1) is 30.8. The van der Waals surface area contributed by atoms with Crippen LogP contribution in [0.5, 0.6) is 0 Å². The molecule has 0 bridgehead atoms. The van der Waals surface area contributed by atoms with Crippen LogP contribution in [-0.2, 0) is 21.9 Å². The van der Waals surface area contributed by atoms with E-state index in [0.717, 1.165) is 11.8 Å². The first-order chi connectivity index (χ1) is 19.6. The average molecular weight is 625 g/mol. The van der Waals surface area contributed by atoms with Crippen LogP contribution in [0.1, 0.15) is 33.5 Å². The molecule has 1 aliphatic rings. The molecule has 0 aromatic heterocycles. The lowest BCUT2D eigenvalue weighted by molar-refractivity contribution is -0.143. The number of thioether (sulfide) groups is 1. The number of carboxylic acids is 1. The summed E-state index contributed by atoms with van der Waals surface area (Å²) in [6.07, 6.45) is -8.72. The van der Waals surface area contributed by atoms with Crippen LogP contribution in [-0.4, -0.2) is 38.7 Å². The van der Waals surface area contributed by atoms with E-state index in [1.54, 1.807) is 0 Å². The molecule has 0 aliphatic carbocycles. The van der Waals surface area contributed by atoms with Gasteiger partial charge in [-0.1, -0.05) is 42.2 Å². The van der Waals surface area contributed by atoms with Crippen LogP contribution in [0.25, 0.3) is 17.2 Å². The third-order valence-corrected chi connectivity index (χ3v) is 7.33. The van der Waals surface area contributed by atoms with Gasteiger partial charge in [0.05, 0.1) is 21.6 Å². The molecule has 1 saturated heterocycles. The lowest BCUT2D eigenvalue weighted by atomic mass is 9.97. The molecule has 0 radical (unpaired) electrons. The number of amides is 2. The lowest BCUT2D eigenvalue weighted by Gasteiger charge is -2.15. The van der Waals surface area contributed by atoms with E-state index in [9.17, 15) is 40.7 Å². The van der Waals surface area contributed by atoms with Gasteiger partial charge in [-0.25, -0.2) is 4.79 Å². The number of anilines is 1. The summed E-state index contributed by atoms with van der Waals surface area (Å²) in [6.45, 7) is -0.0639. The van der Waals surface area contributed by atoms with Crippen molar-refractivity contribution >= 4 is 57.8 Å². The van der Waals surface area contributed by atoms with E-state index in [-0.39, 0.29) is 44.9 Å². The molecule has 0 saturated carbocycles. The Morgan fingerprint density at radius 1 is 0.905 bits per heavy atom. The van der Waals surface area contributed by atoms with Crippen molar-refractivity contribution < 1.29 is 45.8 Å². The van der Waals surface area contributed by atoms with E-state index < -0.39 is 41.3 Å². The lowest BCUT2D eigenvalue weighted by Crippen LogP contribution is -2.31. The predicted octanol–water partition coefficient (Wildman–Crippen LogP) is 7.32. The SMILES string of the molecule is O=C(CCN1C(=O)C(=Cc2cccc(-c3cc(C(F)(F)F)cc(C(F)(F)F)c3)c2)SC1=S)Nc1ccc(C(=O)O)cc1. The Kier molecular flexibility index (Phi) is 8.78. The minimum absolute atomic E-state index is 0.0452. The van der Waals surface area contributed by atoms with Crippen LogP contribution in [0.2, 0.25) is 0 Å². The number of halogens is 6. The highest BCUT2D eigenvalue weighted by Gasteiger charge is 2.37. The minimum Gasteiger partial charge on any atom is -0.478 e. The van der Waals surface area contributed by atoms with E-state index in [4.69, 9.17) is 17.3 Å². The van der Waals surface area contributed by atoms with Crippen molar-refractivity contribution in [1.29, 1.82) is 0 Å². The van der Waals surface area contributed by atoms with Gasteiger partial charge in [0.2, 0.25) is 5.91 Å². The Morgan fingerprint density at radius 3 is 2.10 bits per heavy atom. The normalized spacial score (nSPS) is 14.9. The van der Waals surface area contributed by atoms with Gasteiger partial charge in [0, 0.05) is 18.7 Å². The monoisotopic (exact) mass is 624 g/mol. The Labute approximate surface area is 244 Å². The molecule has 42 heavy (non-hydrogen) atoms. The van der Waals surface area contributed by atoms with Crippen LogP contribution < -0.4 is 5.32 Å². The number of nitrogens with zero attached hydrogens (tertiary/aromatic N) is 1. The highest BCUT2D eigenvalue weighted by Crippen LogP contribution is 2.39. The zero-order valence-electron chi connectivity index (χ0n) is 21.0. The molecule has 6 nitrogen and oxygen atoms in total. The number of benzene rings is 3. The summed E-state index contributed by atoms with van der Waals surface area (Å²) in [5.41, 5.74) is -2.38. The maximum absolute atomic E-state index is 13.3. The number of alkyl halides is 6. The number of hydrogen-bond acceptors (Lipinski definition) is 5. The smallest absolute Gasteiger partial charge is 0.416 e. The Bertz CT molecular complexity index is 1570. The Balaban J connectivity index is 1.48. The molecule has 3 aromatic carbocycles. The number of carbonyl (C=O) groups is 3. The van der Waals surface area contributed by atoms with Gasteiger partial charge in [0.1, 0.15) is 4.32 Å². The van der Waals surface area contributed by atoms with Gasteiger partial charge in [-0.3, -0.25) is 14.5 Å². The zero-order chi connectivity index (χ0) is 30.8. The van der Waals surface area contributed by atoms with Crippen molar-refractivity contribution in [3.63, 3.8) is 0 Å². The van der Waals surface area contributed by atoms with Crippen LogP contribution in [0.15, 0.2) is 71.6 Å². The summed E-state index contributed by atoms with van der Waals surface area (Å²) in [5, 5.41) is 11.5. The largest absolute Gasteiger partial charge is 0.478 e. The van der Waals surface area contributed by atoms with Gasteiger partial charge in [-0.15, -0.1) is 0 Å². The number of aromatic carboxylic acids is 1. The van der Waals surface area contributed by atoms with Gasteiger partial charge >= 0.3 is 18.3 Å². The van der Waals surface area contributed by atoms with Gasteiger partial charge in [-0.2, -0.15) is 26.3 Å². The van der Waals surface area contributed by atoms with Crippen molar-refractivity contribution in [2.75, 3.05) is 11.9 Å². The summed E-state index contributed by atoms with van der Waals surface area (Å²) in [5.74, 6) is -2.09. The summed E-state index contributed by atoms with van der Waals surface area (Å²) in [4.78, 5) is 37.6. The molecule has 2 N–H and O–H groups in total. The summed E-state index contributed by atoms with van der Waals surface area (Å²) < 4.78 is 80.0. The quantitative estimate of drug-likeness (QED) is 0.163. The molecule has 0 atom stereocenters. The molecule has 1 aliphatic heterocycles. The maximum Gasteiger partial charge on any atom is 0.416 e. The fraction of sp³-hybridized carbons (Fsp3) is 0.143. The number of nitrogens with one attached hydrogen (secondary N) is 1. The van der Waals surface area contributed by atoms with Crippen molar-refractivity contribution in [2.45, 2.75) is 18.8 Å². The second-order valence-electron chi connectivity index (χ2n) is 8.93. The van der Waals surface area contributed by atoms with Gasteiger partial charge < -0.3 is 10.4 Å². The molecule has 14 heteroatoms. The van der Waals surface area contributed by atoms with E-state index in [1.165, 1.54) is 59.5 Å². The van der Waals surface area contributed by atoms with Crippen LogP contribution in [0.3, 0.4) is 0 Å². The van der Waals surface area contributed by atoms with Gasteiger partial charge in [0.25, 0.3) is 5.91 Å². The van der Waals surface area contributed by atoms with Gasteiger partial charge in [0.15, 0.2) is 0 Å². The van der Waals surface area contributed by atoms with Crippen molar-refractivity contribution in [3.8, 4) is 11.1 Å². The molecule has 4 rings (SSSR count). The van der Waals surface area contributed by atoms with Crippen molar-refractivity contribution in [2.24, 2.45) is 0 Å². The molecular weight excluding hydrogens is 606 g/mol. The molecule has 218 valence electrons. The van der Waals surface area contributed by atoms with Crippen molar-refractivity contribution in [3.05, 3.63) is 93.9 Å². The molecule has 1 heterocycles. The first-order valence-electron chi connectivity index (χ1n) is 11.9. The number of rotatable bonds is 7. The molecule has 0 unspecified atom stereocenters. The van der Waals surface area contributed by atoms with E-state index in [2.05, 4.69) is 5.32 Å². The summed E-state index contributed by atoms with van der Waals surface area (Å²) >= 11 is 6.19. The second-order valence-corrected chi connectivity index (χ2v) is 10.6. The number of hydrogen-bond donors (Lipinski definition) is 2. The van der Waals surface area contributed by atoms with Crippen LogP contribution in [0.4, 0.5) is 32.0 Å². The average Bonchev–Trinajstić information content (AvgIpc) is 3.18. The Hall–Kier alpha value is -4.17. The van der Waals surface area contributed by atoms with E-state index in [1.807, 2.05) is 0 Å². The van der Waals surface area contributed by atoms with Crippen molar-refractivity contribution in [1.82, 2.24) is 4.90 Å². The standard InChI is InChI=1S/C28H18F6N2O4S2/c29-27(30,31)19-12-18(13-20(14-19)28(32,33)34)17-3-1-2-15(10-17)11-22-24(38)36(26(41)42-22)9-8-23(37)35-21-6-4-16(5-7-21)25(39)40/h1-7,10-14H,8-9H2,(H,35,37)(H,39,40). The summed E-state index contributed by atoms with van der Waals surface area (Å²) in [6, 6.07) is 12.4. The molecule has 0 spiro atoms. The number of thiocarbonyl (C=S) groups is 1. The molecular formula is C28H18F6N2O4S2. The number of carboxylic acid groups (broad SMARTS) is 1.